The first-order valence-corrected chi connectivity index (χ1v) is 5.34. The molecule has 1 aromatic carbocycles. The van der Waals surface area contributed by atoms with Crippen LogP contribution in [0.2, 0.25) is 0 Å². The average molecular weight is 204 g/mol. The molecule has 1 aliphatic carbocycles. The summed E-state index contributed by atoms with van der Waals surface area (Å²) in [6, 6.07) is 5.77. The maximum atomic E-state index is 11.8. The summed E-state index contributed by atoms with van der Waals surface area (Å²) in [6.45, 7) is 1.91. The summed E-state index contributed by atoms with van der Waals surface area (Å²) in [6.07, 6.45) is 3.45. The summed E-state index contributed by atoms with van der Waals surface area (Å²) in [7, 11) is 0. The van der Waals surface area contributed by atoms with Crippen molar-refractivity contribution in [3.05, 3.63) is 29.3 Å². The second-order valence-corrected chi connectivity index (χ2v) is 4.18. The van der Waals surface area contributed by atoms with E-state index in [0.29, 0.717) is 11.7 Å². The molecule has 3 N–H and O–H groups in total. The highest BCUT2D eigenvalue weighted by molar-refractivity contribution is 5.96. The van der Waals surface area contributed by atoms with Crippen molar-refractivity contribution in [3.8, 4) is 0 Å². The molecule has 80 valence electrons. The zero-order chi connectivity index (χ0) is 10.8. The first-order chi connectivity index (χ1) is 7.16. The Labute approximate surface area is 89.7 Å². The van der Waals surface area contributed by atoms with Crippen molar-refractivity contribution in [1.29, 1.82) is 0 Å². The fourth-order valence-electron chi connectivity index (χ4n) is 1.76. The Kier molecular flexibility index (Phi) is 2.62. The van der Waals surface area contributed by atoms with E-state index in [0.717, 1.165) is 24.0 Å². The predicted molar refractivity (Wildman–Crippen MR) is 60.7 cm³/mol. The van der Waals surface area contributed by atoms with Crippen molar-refractivity contribution in [2.75, 3.05) is 5.73 Å². The van der Waals surface area contributed by atoms with Crippen molar-refractivity contribution < 1.29 is 4.79 Å². The van der Waals surface area contributed by atoms with Crippen LogP contribution in [0.15, 0.2) is 18.2 Å². The summed E-state index contributed by atoms with van der Waals surface area (Å²) in [5.74, 6) is 0.0252. The van der Waals surface area contributed by atoms with Gasteiger partial charge in [-0.15, -0.1) is 0 Å². The molecule has 1 aliphatic rings. The maximum absolute atomic E-state index is 11.8. The molecule has 1 fully saturated rings. The third kappa shape index (κ3) is 2.12. The molecule has 0 aliphatic heterocycles. The Morgan fingerprint density at radius 3 is 2.73 bits per heavy atom. The largest absolute Gasteiger partial charge is 0.399 e. The van der Waals surface area contributed by atoms with Gasteiger partial charge in [0.1, 0.15) is 0 Å². The quantitative estimate of drug-likeness (QED) is 0.722. The molecule has 0 spiro atoms. The van der Waals surface area contributed by atoms with Crippen LogP contribution in [0.3, 0.4) is 0 Å². The van der Waals surface area contributed by atoms with Gasteiger partial charge in [0.15, 0.2) is 0 Å². The first kappa shape index (κ1) is 10.0. The van der Waals surface area contributed by atoms with Gasteiger partial charge in [-0.2, -0.15) is 0 Å². The van der Waals surface area contributed by atoms with E-state index in [9.17, 15) is 4.79 Å². The van der Waals surface area contributed by atoms with Gasteiger partial charge in [-0.1, -0.05) is 0 Å². The molecule has 0 heterocycles. The van der Waals surface area contributed by atoms with E-state index in [1.165, 1.54) is 6.42 Å². The normalized spacial score (nSPS) is 15.8. The third-order valence-electron chi connectivity index (χ3n) is 2.94. The first-order valence-electron chi connectivity index (χ1n) is 5.34. The van der Waals surface area contributed by atoms with Gasteiger partial charge < -0.3 is 11.1 Å². The number of nitrogens with two attached hydrogens (primary N) is 1. The van der Waals surface area contributed by atoms with Crippen molar-refractivity contribution in [2.45, 2.75) is 32.2 Å². The molecule has 0 saturated heterocycles. The molecule has 1 amide bonds. The van der Waals surface area contributed by atoms with E-state index in [4.69, 9.17) is 5.73 Å². The molecule has 2 rings (SSSR count). The number of rotatable bonds is 2. The van der Waals surface area contributed by atoms with Crippen LogP contribution in [-0.4, -0.2) is 11.9 Å². The molecule has 0 atom stereocenters. The van der Waals surface area contributed by atoms with E-state index in [1.54, 1.807) is 12.1 Å². The summed E-state index contributed by atoms with van der Waals surface area (Å²) < 4.78 is 0. The molecular weight excluding hydrogens is 188 g/mol. The van der Waals surface area contributed by atoms with E-state index in [-0.39, 0.29) is 5.91 Å². The second kappa shape index (κ2) is 3.93. The summed E-state index contributed by atoms with van der Waals surface area (Å²) in [4.78, 5) is 11.8. The molecule has 3 heteroatoms. The minimum absolute atomic E-state index is 0.0252. The van der Waals surface area contributed by atoms with Crippen LogP contribution < -0.4 is 11.1 Å². The Morgan fingerprint density at radius 1 is 1.47 bits per heavy atom. The Hall–Kier alpha value is -1.51. The lowest BCUT2D eigenvalue weighted by Crippen LogP contribution is -2.39. The van der Waals surface area contributed by atoms with Crippen LogP contribution in [0.5, 0.6) is 0 Å². The Balaban J connectivity index is 2.10. The topological polar surface area (TPSA) is 55.1 Å². The maximum Gasteiger partial charge on any atom is 0.251 e. The zero-order valence-corrected chi connectivity index (χ0v) is 8.92. The molecule has 0 aromatic heterocycles. The number of hydrogen-bond acceptors (Lipinski definition) is 2. The van der Waals surface area contributed by atoms with Gasteiger partial charge in [-0.25, -0.2) is 0 Å². The van der Waals surface area contributed by atoms with E-state index < -0.39 is 0 Å². The summed E-state index contributed by atoms with van der Waals surface area (Å²) in [5, 5.41) is 3.01. The second-order valence-electron chi connectivity index (χ2n) is 4.18. The predicted octanol–water partition coefficient (Wildman–Crippen LogP) is 1.86. The number of hydrogen-bond donors (Lipinski definition) is 2. The van der Waals surface area contributed by atoms with Crippen molar-refractivity contribution in [2.24, 2.45) is 0 Å². The van der Waals surface area contributed by atoms with Crippen molar-refractivity contribution in [1.82, 2.24) is 5.32 Å². The fraction of sp³-hybridized carbons (Fsp3) is 0.417. The minimum atomic E-state index is 0.0252. The summed E-state index contributed by atoms with van der Waals surface area (Å²) >= 11 is 0. The Bertz CT molecular complexity index is 383. The van der Waals surface area contributed by atoms with Crippen molar-refractivity contribution in [3.63, 3.8) is 0 Å². The molecule has 0 bridgehead atoms. The van der Waals surface area contributed by atoms with E-state index in [1.807, 2.05) is 13.0 Å². The van der Waals surface area contributed by atoms with Gasteiger partial charge in [-0.05, 0) is 49.9 Å². The van der Waals surface area contributed by atoms with Gasteiger partial charge in [-0.3, -0.25) is 4.79 Å². The highest BCUT2D eigenvalue weighted by Crippen LogP contribution is 2.19. The molecular formula is C12H16N2O. The number of benzene rings is 1. The van der Waals surface area contributed by atoms with Gasteiger partial charge in [0, 0.05) is 17.3 Å². The molecule has 3 nitrogen and oxygen atoms in total. The number of carbonyl (C=O) groups excluding carboxylic acids is 1. The smallest absolute Gasteiger partial charge is 0.251 e. The summed E-state index contributed by atoms with van der Waals surface area (Å²) in [5.41, 5.74) is 8.01. The average Bonchev–Trinajstić information content (AvgIpc) is 2.11. The fourth-order valence-corrected chi connectivity index (χ4v) is 1.76. The van der Waals surface area contributed by atoms with Crippen LogP contribution in [-0.2, 0) is 0 Å². The van der Waals surface area contributed by atoms with Gasteiger partial charge >= 0.3 is 0 Å². The lowest BCUT2D eigenvalue weighted by Gasteiger charge is -2.26. The molecule has 0 radical (unpaired) electrons. The van der Waals surface area contributed by atoms with Gasteiger partial charge in [0.05, 0.1) is 0 Å². The highest BCUT2D eigenvalue weighted by atomic mass is 16.1. The van der Waals surface area contributed by atoms with Gasteiger partial charge in [0.25, 0.3) is 5.91 Å². The minimum Gasteiger partial charge on any atom is -0.399 e. The van der Waals surface area contributed by atoms with E-state index in [2.05, 4.69) is 5.32 Å². The number of amides is 1. The number of nitrogen functional groups attached to an aromatic ring is 1. The molecule has 0 unspecified atom stereocenters. The number of nitrogens with one attached hydrogen (secondary N) is 1. The highest BCUT2D eigenvalue weighted by Gasteiger charge is 2.20. The lowest BCUT2D eigenvalue weighted by atomic mass is 9.92. The number of anilines is 1. The Morgan fingerprint density at radius 2 is 2.20 bits per heavy atom. The van der Waals surface area contributed by atoms with Crippen molar-refractivity contribution >= 4 is 11.6 Å². The molecule has 1 aromatic rings. The SMILES string of the molecule is Cc1cc(N)ccc1C(=O)NC1CCC1. The van der Waals surface area contributed by atoms with E-state index >= 15 is 0 Å². The van der Waals surface area contributed by atoms with Crippen LogP contribution >= 0.6 is 0 Å². The van der Waals surface area contributed by atoms with Crippen LogP contribution in [0.1, 0.15) is 35.2 Å². The molecule has 15 heavy (non-hydrogen) atoms. The third-order valence-corrected chi connectivity index (χ3v) is 2.94. The zero-order valence-electron chi connectivity index (χ0n) is 8.92. The molecule has 1 saturated carbocycles. The van der Waals surface area contributed by atoms with Crippen LogP contribution in [0.25, 0.3) is 0 Å². The van der Waals surface area contributed by atoms with Crippen LogP contribution in [0.4, 0.5) is 5.69 Å². The van der Waals surface area contributed by atoms with Gasteiger partial charge in [0.2, 0.25) is 0 Å². The standard InChI is InChI=1S/C12H16N2O/c1-8-7-9(13)5-6-11(8)12(15)14-10-3-2-4-10/h5-7,10H,2-4,13H2,1H3,(H,14,15). The number of carbonyl (C=O) groups is 1. The number of aryl methyl sites for hydroxylation is 1. The van der Waals surface area contributed by atoms with Crippen LogP contribution in [0, 0.1) is 6.92 Å². The monoisotopic (exact) mass is 204 g/mol. The lowest BCUT2D eigenvalue weighted by molar-refractivity contribution is 0.0916.